The van der Waals surface area contributed by atoms with Crippen molar-refractivity contribution in [3.8, 4) is 11.3 Å². The second kappa shape index (κ2) is 5.88. The number of hydrogen-bond donors (Lipinski definition) is 2. The summed E-state index contributed by atoms with van der Waals surface area (Å²) < 4.78 is 5.20. The molecule has 1 aliphatic rings. The van der Waals surface area contributed by atoms with Gasteiger partial charge in [-0.15, -0.1) is 0 Å². The number of nitrogens with one attached hydrogen (secondary N) is 1. The SMILES string of the molecule is O=C(O)C1CCN(C(=O)Nc2cc(-c3ccccc3)on2)C1. The number of likely N-dealkylation sites (tertiary alicyclic amines) is 1. The Morgan fingerprint density at radius 3 is 2.77 bits per heavy atom. The van der Waals surface area contributed by atoms with Gasteiger partial charge in [-0.05, 0) is 6.42 Å². The van der Waals surface area contributed by atoms with E-state index >= 15 is 0 Å². The molecule has 2 heterocycles. The Balaban J connectivity index is 1.63. The van der Waals surface area contributed by atoms with Gasteiger partial charge in [-0.2, -0.15) is 0 Å². The fourth-order valence-corrected chi connectivity index (χ4v) is 2.41. The van der Waals surface area contributed by atoms with E-state index in [0.29, 0.717) is 24.5 Å². The van der Waals surface area contributed by atoms with Crippen LogP contribution < -0.4 is 5.32 Å². The van der Waals surface area contributed by atoms with Gasteiger partial charge in [-0.1, -0.05) is 35.5 Å². The van der Waals surface area contributed by atoms with Crippen LogP contribution in [0.25, 0.3) is 11.3 Å². The van der Waals surface area contributed by atoms with Crippen LogP contribution in [-0.4, -0.2) is 40.3 Å². The highest BCUT2D eigenvalue weighted by molar-refractivity contribution is 5.89. The number of hydrogen-bond acceptors (Lipinski definition) is 4. The van der Waals surface area contributed by atoms with Crippen molar-refractivity contribution in [2.45, 2.75) is 6.42 Å². The van der Waals surface area contributed by atoms with Gasteiger partial charge in [0.1, 0.15) is 0 Å². The maximum absolute atomic E-state index is 12.1. The van der Waals surface area contributed by atoms with Crippen LogP contribution in [0.5, 0.6) is 0 Å². The molecule has 1 aromatic carbocycles. The second-order valence-electron chi connectivity index (χ2n) is 5.14. The molecule has 1 atom stereocenters. The van der Waals surface area contributed by atoms with Crippen LogP contribution in [0, 0.1) is 5.92 Å². The first kappa shape index (κ1) is 14.1. The molecule has 1 aromatic heterocycles. The van der Waals surface area contributed by atoms with Gasteiger partial charge in [0.05, 0.1) is 5.92 Å². The smallest absolute Gasteiger partial charge is 0.323 e. The third-order valence-corrected chi connectivity index (χ3v) is 3.63. The van der Waals surface area contributed by atoms with Crippen molar-refractivity contribution in [3.05, 3.63) is 36.4 Å². The minimum absolute atomic E-state index is 0.213. The van der Waals surface area contributed by atoms with Crippen LogP contribution in [0.15, 0.2) is 40.9 Å². The van der Waals surface area contributed by atoms with E-state index in [1.807, 2.05) is 30.3 Å². The predicted molar refractivity (Wildman–Crippen MR) is 78.3 cm³/mol. The van der Waals surface area contributed by atoms with E-state index in [9.17, 15) is 9.59 Å². The number of carbonyl (C=O) groups excluding carboxylic acids is 1. The summed E-state index contributed by atoms with van der Waals surface area (Å²) in [6.45, 7) is 0.636. The third kappa shape index (κ3) is 2.93. The number of carboxylic acid groups (broad SMARTS) is 1. The Morgan fingerprint density at radius 2 is 2.09 bits per heavy atom. The van der Waals surface area contributed by atoms with Gasteiger partial charge in [0, 0.05) is 24.7 Å². The molecule has 7 nitrogen and oxygen atoms in total. The number of nitrogens with zero attached hydrogens (tertiary/aromatic N) is 2. The summed E-state index contributed by atoms with van der Waals surface area (Å²) >= 11 is 0. The van der Waals surface area contributed by atoms with Crippen molar-refractivity contribution in [3.63, 3.8) is 0 Å². The third-order valence-electron chi connectivity index (χ3n) is 3.63. The highest BCUT2D eigenvalue weighted by atomic mass is 16.5. The molecule has 0 bridgehead atoms. The largest absolute Gasteiger partial charge is 0.481 e. The minimum Gasteiger partial charge on any atom is -0.481 e. The minimum atomic E-state index is -0.872. The fourth-order valence-electron chi connectivity index (χ4n) is 2.41. The standard InChI is InChI=1S/C15H15N3O4/c19-14(20)11-6-7-18(9-11)15(21)16-13-8-12(22-17-13)10-4-2-1-3-5-10/h1-5,8,11H,6-7,9H2,(H,19,20)(H,16,17,21). The van der Waals surface area contributed by atoms with E-state index in [0.717, 1.165) is 5.56 Å². The Morgan fingerprint density at radius 1 is 1.32 bits per heavy atom. The highest BCUT2D eigenvalue weighted by Gasteiger charge is 2.31. The quantitative estimate of drug-likeness (QED) is 0.906. The number of carbonyl (C=O) groups is 2. The molecule has 2 aromatic rings. The summed E-state index contributed by atoms with van der Waals surface area (Å²) in [6, 6.07) is 10.7. The number of benzene rings is 1. The average molecular weight is 301 g/mol. The lowest BCUT2D eigenvalue weighted by Crippen LogP contribution is -2.33. The molecule has 1 saturated heterocycles. The molecule has 22 heavy (non-hydrogen) atoms. The lowest BCUT2D eigenvalue weighted by molar-refractivity contribution is -0.141. The van der Waals surface area contributed by atoms with Gasteiger partial charge in [-0.25, -0.2) is 4.79 Å². The molecule has 1 unspecified atom stereocenters. The Bertz CT molecular complexity index is 683. The van der Waals surface area contributed by atoms with E-state index < -0.39 is 11.9 Å². The van der Waals surface area contributed by atoms with E-state index in [4.69, 9.17) is 9.63 Å². The molecule has 2 N–H and O–H groups in total. The Kier molecular flexibility index (Phi) is 3.78. The normalized spacial score (nSPS) is 17.5. The van der Waals surface area contributed by atoms with E-state index in [1.54, 1.807) is 6.07 Å². The number of amides is 2. The molecule has 7 heteroatoms. The molecule has 2 amide bonds. The first-order valence-corrected chi connectivity index (χ1v) is 6.94. The van der Waals surface area contributed by atoms with Crippen molar-refractivity contribution in [1.82, 2.24) is 10.1 Å². The van der Waals surface area contributed by atoms with Crippen LogP contribution in [0.2, 0.25) is 0 Å². The van der Waals surface area contributed by atoms with Crippen LogP contribution in [0.1, 0.15) is 6.42 Å². The van der Waals surface area contributed by atoms with Gasteiger partial charge < -0.3 is 14.5 Å². The van der Waals surface area contributed by atoms with Crippen LogP contribution >= 0.6 is 0 Å². The van der Waals surface area contributed by atoms with Crippen molar-refractivity contribution < 1.29 is 19.2 Å². The first-order valence-electron chi connectivity index (χ1n) is 6.94. The van der Waals surface area contributed by atoms with Crippen molar-refractivity contribution >= 4 is 17.8 Å². The van der Waals surface area contributed by atoms with E-state index in [2.05, 4.69) is 10.5 Å². The fraction of sp³-hybridized carbons (Fsp3) is 0.267. The molecule has 1 fully saturated rings. The lowest BCUT2D eigenvalue weighted by Gasteiger charge is -2.15. The summed E-state index contributed by atoms with van der Waals surface area (Å²) in [6.07, 6.45) is 0.469. The van der Waals surface area contributed by atoms with Gasteiger partial charge in [0.25, 0.3) is 0 Å². The summed E-state index contributed by atoms with van der Waals surface area (Å²) in [5.41, 5.74) is 0.864. The van der Waals surface area contributed by atoms with E-state index in [1.165, 1.54) is 4.90 Å². The number of carboxylic acids is 1. The van der Waals surface area contributed by atoms with Crippen molar-refractivity contribution in [2.75, 3.05) is 18.4 Å². The Labute approximate surface area is 126 Å². The predicted octanol–water partition coefficient (Wildman–Crippen LogP) is 2.28. The van der Waals surface area contributed by atoms with Crippen LogP contribution in [-0.2, 0) is 4.79 Å². The molecule has 0 radical (unpaired) electrons. The summed E-state index contributed by atoms with van der Waals surface area (Å²) in [7, 11) is 0. The van der Waals surface area contributed by atoms with Gasteiger partial charge in [-0.3, -0.25) is 10.1 Å². The highest BCUT2D eigenvalue weighted by Crippen LogP contribution is 2.23. The molecular formula is C15H15N3O4. The van der Waals surface area contributed by atoms with Crippen molar-refractivity contribution in [2.24, 2.45) is 5.92 Å². The number of rotatable bonds is 3. The Hall–Kier alpha value is -2.83. The molecule has 114 valence electrons. The lowest BCUT2D eigenvalue weighted by atomic mass is 10.1. The maximum Gasteiger partial charge on any atom is 0.323 e. The monoisotopic (exact) mass is 301 g/mol. The first-order chi connectivity index (χ1) is 10.6. The average Bonchev–Trinajstić information content (AvgIpc) is 3.17. The molecule has 0 saturated carbocycles. The summed E-state index contributed by atoms with van der Waals surface area (Å²) in [4.78, 5) is 24.4. The number of anilines is 1. The van der Waals surface area contributed by atoms with E-state index in [-0.39, 0.29) is 12.6 Å². The van der Waals surface area contributed by atoms with Crippen molar-refractivity contribution in [1.29, 1.82) is 0 Å². The molecular weight excluding hydrogens is 286 g/mol. The molecule has 1 aliphatic heterocycles. The summed E-state index contributed by atoms with van der Waals surface area (Å²) in [5, 5.41) is 15.4. The van der Waals surface area contributed by atoms with Crippen LogP contribution in [0.4, 0.5) is 10.6 Å². The molecule has 0 spiro atoms. The zero-order chi connectivity index (χ0) is 15.5. The number of aromatic nitrogens is 1. The molecule has 3 rings (SSSR count). The topological polar surface area (TPSA) is 95.7 Å². The summed E-state index contributed by atoms with van der Waals surface area (Å²) in [5.74, 6) is -0.505. The van der Waals surface area contributed by atoms with Gasteiger partial charge in [0.2, 0.25) is 0 Å². The number of urea groups is 1. The number of aliphatic carboxylic acids is 1. The molecule has 0 aliphatic carbocycles. The zero-order valence-corrected chi connectivity index (χ0v) is 11.7. The zero-order valence-electron chi connectivity index (χ0n) is 11.7. The maximum atomic E-state index is 12.1. The van der Waals surface area contributed by atoms with Crippen LogP contribution in [0.3, 0.4) is 0 Å². The van der Waals surface area contributed by atoms with Gasteiger partial charge in [0.15, 0.2) is 11.6 Å². The van der Waals surface area contributed by atoms with Gasteiger partial charge >= 0.3 is 12.0 Å². The second-order valence-corrected chi connectivity index (χ2v) is 5.14.